The zero-order valence-corrected chi connectivity index (χ0v) is 12.8. The topological polar surface area (TPSA) is 105 Å². The fourth-order valence-electron chi connectivity index (χ4n) is 1.63. The molecule has 0 radical (unpaired) electrons. The standard InChI is InChI=1S/C13H19NO6S/c1-3-19-6-7-20-13(15)9-10-4-5-11(18-2)12(8-10)21(14,16)17/h4-5,8H,3,6-7,9H2,1-2H3,(H2,14,16,17). The van der Waals surface area contributed by atoms with Crippen LogP contribution in [0.25, 0.3) is 0 Å². The highest BCUT2D eigenvalue weighted by Crippen LogP contribution is 2.24. The first-order valence-electron chi connectivity index (χ1n) is 6.31. The lowest BCUT2D eigenvalue weighted by Crippen LogP contribution is -2.15. The first kappa shape index (κ1) is 17.4. The van der Waals surface area contributed by atoms with Crippen molar-refractivity contribution < 1.29 is 27.4 Å². The van der Waals surface area contributed by atoms with Crippen LogP contribution in [0.5, 0.6) is 5.75 Å². The van der Waals surface area contributed by atoms with Crippen LogP contribution in [0.1, 0.15) is 12.5 Å². The van der Waals surface area contributed by atoms with E-state index in [1.165, 1.54) is 19.2 Å². The van der Waals surface area contributed by atoms with Crippen LogP contribution < -0.4 is 9.88 Å². The number of rotatable bonds is 8. The molecule has 7 nitrogen and oxygen atoms in total. The number of hydrogen-bond acceptors (Lipinski definition) is 6. The lowest BCUT2D eigenvalue weighted by molar-refractivity contribution is -0.144. The van der Waals surface area contributed by atoms with E-state index in [1.54, 1.807) is 6.07 Å². The van der Waals surface area contributed by atoms with E-state index in [9.17, 15) is 13.2 Å². The molecule has 0 saturated carbocycles. The molecule has 0 aliphatic rings. The highest BCUT2D eigenvalue weighted by molar-refractivity contribution is 7.89. The van der Waals surface area contributed by atoms with Crippen molar-refractivity contribution in [1.29, 1.82) is 0 Å². The largest absolute Gasteiger partial charge is 0.495 e. The maximum Gasteiger partial charge on any atom is 0.310 e. The fraction of sp³-hybridized carbons (Fsp3) is 0.462. The Balaban J connectivity index is 2.74. The number of esters is 1. The van der Waals surface area contributed by atoms with Gasteiger partial charge in [-0.2, -0.15) is 0 Å². The van der Waals surface area contributed by atoms with Crippen molar-refractivity contribution in [2.24, 2.45) is 5.14 Å². The van der Waals surface area contributed by atoms with Gasteiger partial charge in [0.15, 0.2) is 0 Å². The van der Waals surface area contributed by atoms with E-state index in [2.05, 4.69) is 0 Å². The second-order valence-corrected chi connectivity index (χ2v) is 5.65. The van der Waals surface area contributed by atoms with Crippen LogP contribution in [0.4, 0.5) is 0 Å². The lowest BCUT2D eigenvalue weighted by Gasteiger charge is -2.09. The molecule has 0 amide bonds. The molecule has 1 rings (SSSR count). The molecule has 0 heterocycles. The Labute approximate surface area is 124 Å². The first-order chi connectivity index (χ1) is 9.88. The van der Waals surface area contributed by atoms with E-state index in [1.807, 2.05) is 6.92 Å². The van der Waals surface area contributed by atoms with Crippen LogP contribution in [0, 0.1) is 0 Å². The van der Waals surface area contributed by atoms with Crippen molar-refractivity contribution in [1.82, 2.24) is 0 Å². The van der Waals surface area contributed by atoms with Gasteiger partial charge in [0.25, 0.3) is 0 Å². The highest BCUT2D eigenvalue weighted by Gasteiger charge is 2.16. The maximum absolute atomic E-state index is 11.6. The van der Waals surface area contributed by atoms with Gasteiger partial charge in [-0.25, -0.2) is 13.6 Å². The van der Waals surface area contributed by atoms with Crippen LogP contribution in [0.3, 0.4) is 0 Å². The Hall–Kier alpha value is -1.64. The minimum absolute atomic E-state index is 0.0569. The Morgan fingerprint density at radius 3 is 2.57 bits per heavy atom. The molecular weight excluding hydrogens is 298 g/mol. The Morgan fingerprint density at radius 2 is 2.00 bits per heavy atom. The number of benzene rings is 1. The summed E-state index contributed by atoms with van der Waals surface area (Å²) in [5, 5.41) is 5.11. The normalized spacial score (nSPS) is 11.2. The molecule has 0 unspecified atom stereocenters. The average molecular weight is 317 g/mol. The number of ether oxygens (including phenoxy) is 3. The van der Waals surface area contributed by atoms with Crippen LogP contribution in [0.2, 0.25) is 0 Å². The van der Waals surface area contributed by atoms with Crippen LogP contribution in [-0.4, -0.2) is 41.3 Å². The molecule has 2 N–H and O–H groups in total. The van der Waals surface area contributed by atoms with Gasteiger partial charge >= 0.3 is 5.97 Å². The summed E-state index contributed by atoms with van der Waals surface area (Å²) in [6.07, 6.45) is -0.0569. The Morgan fingerprint density at radius 1 is 1.29 bits per heavy atom. The van der Waals surface area contributed by atoms with E-state index in [4.69, 9.17) is 19.3 Å². The van der Waals surface area contributed by atoms with Crippen LogP contribution in [-0.2, 0) is 30.7 Å². The number of methoxy groups -OCH3 is 1. The molecule has 0 aliphatic carbocycles. The summed E-state index contributed by atoms with van der Waals surface area (Å²) in [5.41, 5.74) is 0.473. The number of sulfonamides is 1. The third-order valence-electron chi connectivity index (χ3n) is 2.58. The summed E-state index contributed by atoms with van der Waals surface area (Å²) in [6.45, 7) is 2.87. The van der Waals surface area contributed by atoms with E-state index < -0.39 is 16.0 Å². The van der Waals surface area contributed by atoms with Gasteiger partial charge in [0.2, 0.25) is 10.0 Å². The van der Waals surface area contributed by atoms with Gasteiger partial charge in [-0.15, -0.1) is 0 Å². The van der Waals surface area contributed by atoms with Gasteiger partial charge in [-0.3, -0.25) is 4.79 Å². The number of hydrogen-bond donors (Lipinski definition) is 1. The van der Waals surface area contributed by atoms with Gasteiger partial charge in [-0.1, -0.05) is 6.07 Å². The highest BCUT2D eigenvalue weighted by atomic mass is 32.2. The van der Waals surface area contributed by atoms with Crippen molar-refractivity contribution in [3.05, 3.63) is 23.8 Å². The molecule has 1 aromatic rings. The van der Waals surface area contributed by atoms with E-state index in [-0.39, 0.29) is 23.7 Å². The van der Waals surface area contributed by atoms with E-state index in [0.29, 0.717) is 18.8 Å². The van der Waals surface area contributed by atoms with Gasteiger partial charge in [-0.05, 0) is 24.6 Å². The zero-order chi connectivity index (χ0) is 15.9. The summed E-state index contributed by atoms with van der Waals surface area (Å²) in [7, 11) is -2.59. The van der Waals surface area contributed by atoms with Gasteiger partial charge < -0.3 is 14.2 Å². The van der Waals surface area contributed by atoms with Gasteiger partial charge in [0.05, 0.1) is 20.1 Å². The SMILES string of the molecule is CCOCCOC(=O)Cc1ccc(OC)c(S(N)(=O)=O)c1. The minimum Gasteiger partial charge on any atom is -0.495 e. The Bertz CT molecular complexity index is 584. The number of primary sulfonamides is 1. The number of carbonyl (C=O) groups excluding carboxylic acids is 1. The third kappa shape index (κ3) is 5.70. The summed E-state index contributed by atoms with van der Waals surface area (Å²) in [6, 6.07) is 4.33. The molecule has 21 heavy (non-hydrogen) atoms. The zero-order valence-electron chi connectivity index (χ0n) is 12.0. The first-order valence-corrected chi connectivity index (χ1v) is 7.86. The minimum atomic E-state index is -3.93. The summed E-state index contributed by atoms with van der Waals surface area (Å²) < 4.78 is 37.8. The summed E-state index contributed by atoms with van der Waals surface area (Å²) in [5.74, 6) is -0.341. The molecule has 0 bridgehead atoms. The molecule has 0 aliphatic heterocycles. The summed E-state index contributed by atoms with van der Waals surface area (Å²) >= 11 is 0. The number of carbonyl (C=O) groups is 1. The lowest BCUT2D eigenvalue weighted by atomic mass is 10.1. The molecule has 0 aromatic heterocycles. The predicted octanol–water partition coefficient (Wildman–Crippen LogP) is 0.465. The average Bonchev–Trinajstić information content (AvgIpc) is 2.42. The monoisotopic (exact) mass is 317 g/mol. The quantitative estimate of drug-likeness (QED) is 0.552. The van der Waals surface area contributed by atoms with Gasteiger partial charge in [0.1, 0.15) is 17.3 Å². The Kier molecular flexibility index (Phi) is 6.60. The van der Waals surface area contributed by atoms with Crippen molar-refractivity contribution in [2.75, 3.05) is 26.9 Å². The molecule has 1 aromatic carbocycles. The van der Waals surface area contributed by atoms with E-state index >= 15 is 0 Å². The smallest absolute Gasteiger partial charge is 0.310 e. The molecule has 118 valence electrons. The maximum atomic E-state index is 11.6. The molecule has 8 heteroatoms. The summed E-state index contributed by atoms with van der Waals surface area (Å²) in [4.78, 5) is 11.4. The molecule has 0 spiro atoms. The van der Waals surface area contributed by atoms with Crippen LogP contribution >= 0.6 is 0 Å². The third-order valence-corrected chi connectivity index (χ3v) is 3.51. The van der Waals surface area contributed by atoms with Crippen molar-refractivity contribution in [3.63, 3.8) is 0 Å². The number of nitrogens with two attached hydrogens (primary N) is 1. The molecule has 0 fully saturated rings. The molecular formula is C13H19NO6S. The molecule has 0 saturated heterocycles. The van der Waals surface area contributed by atoms with Gasteiger partial charge in [0, 0.05) is 6.61 Å². The van der Waals surface area contributed by atoms with Crippen molar-refractivity contribution >= 4 is 16.0 Å². The van der Waals surface area contributed by atoms with Crippen LogP contribution in [0.15, 0.2) is 23.1 Å². The second-order valence-electron chi connectivity index (χ2n) is 4.12. The van der Waals surface area contributed by atoms with Crippen molar-refractivity contribution in [2.45, 2.75) is 18.2 Å². The van der Waals surface area contributed by atoms with Crippen molar-refractivity contribution in [3.8, 4) is 5.75 Å². The second kappa shape index (κ2) is 7.96. The molecule has 0 atom stereocenters. The van der Waals surface area contributed by atoms with E-state index in [0.717, 1.165) is 0 Å². The fourth-order valence-corrected chi connectivity index (χ4v) is 2.38. The predicted molar refractivity (Wildman–Crippen MR) is 75.5 cm³/mol.